The van der Waals surface area contributed by atoms with Gasteiger partial charge in [0, 0.05) is 6.54 Å². The van der Waals surface area contributed by atoms with Crippen LogP contribution in [0.25, 0.3) is 10.8 Å². The Bertz CT molecular complexity index is 666. The summed E-state index contributed by atoms with van der Waals surface area (Å²) >= 11 is 0. The molecule has 1 N–H and O–H groups in total. The zero-order valence-electron chi connectivity index (χ0n) is 14.6. The molecule has 23 heavy (non-hydrogen) atoms. The normalized spacial score (nSPS) is 11.5. The number of ether oxygens (including phenoxy) is 1. The average molecular weight is 313 g/mol. The first-order valence-electron chi connectivity index (χ1n) is 8.59. The van der Waals surface area contributed by atoms with Gasteiger partial charge in [0.2, 0.25) is 0 Å². The first kappa shape index (κ1) is 17.3. The summed E-state index contributed by atoms with van der Waals surface area (Å²) in [6.45, 7) is 8.94. The fourth-order valence-electron chi connectivity index (χ4n) is 3.02. The topological polar surface area (TPSA) is 38.3 Å². The van der Waals surface area contributed by atoms with Gasteiger partial charge in [0.05, 0.1) is 5.56 Å². The van der Waals surface area contributed by atoms with E-state index in [0.29, 0.717) is 17.9 Å². The van der Waals surface area contributed by atoms with Crippen LogP contribution in [0, 0.1) is 0 Å². The van der Waals surface area contributed by atoms with Crippen molar-refractivity contribution in [1.29, 1.82) is 0 Å². The van der Waals surface area contributed by atoms with Crippen molar-refractivity contribution < 1.29 is 9.53 Å². The van der Waals surface area contributed by atoms with Gasteiger partial charge in [0.1, 0.15) is 11.4 Å². The fourth-order valence-corrected chi connectivity index (χ4v) is 3.02. The first-order chi connectivity index (χ1) is 11.1. The van der Waals surface area contributed by atoms with Gasteiger partial charge in [0.15, 0.2) is 0 Å². The molecule has 124 valence electrons. The van der Waals surface area contributed by atoms with E-state index in [2.05, 4.69) is 26.1 Å². The van der Waals surface area contributed by atoms with Crippen molar-refractivity contribution in [3.63, 3.8) is 0 Å². The average Bonchev–Trinajstić information content (AvgIpc) is 2.59. The minimum absolute atomic E-state index is 0.0727. The monoisotopic (exact) mass is 313 g/mol. The highest BCUT2D eigenvalue weighted by Crippen LogP contribution is 2.34. The lowest BCUT2D eigenvalue weighted by atomic mass is 9.93. The summed E-state index contributed by atoms with van der Waals surface area (Å²) in [6.07, 6.45) is 2.75. The number of carbonyl (C=O) groups excluding carboxylic acids is 1. The smallest absolute Gasteiger partial charge is 0.255 e. The second-order valence-electron chi connectivity index (χ2n) is 5.87. The fraction of sp³-hybridized carbons (Fsp3) is 0.450. The van der Waals surface area contributed by atoms with E-state index in [-0.39, 0.29) is 11.5 Å². The standard InChI is InChI=1S/C20H27NO2/c1-5-20(6-2,7-3)23-17-14-13-15-11-9-10-12-16(15)18(17)19(22)21-8-4/h9-14H,5-8H2,1-4H3,(H,21,22). The van der Waals surface area contributed by atoms with Gasteiger partial charge in [-0.05, 0) is 43.0 Å². The lowest BCUT2D eigenvalue weighted by Gasteiger charge is -2.32. The second-order valence-corrected chi connectivity index (χ2v) is 5.87. The maximum Gasteiger partial charge on any atom is 0.255 e. The molecule has 0 spiro atoms. The van der Waals surface area contributed by atoms with Crippen LogP contribution in [0.2, 0.25) is 0 Å². The molecule has 0 saturated heterocycles. The molecule has 0 heterocycles. The van der Waals surface area contributed by atoms with E-state index in [4.69, 9.17) is 4.74 Å². The number of benzene rings is 2. The Balaban J connectivity index is 2.58. The Labute approximate surface area is 139 Å². The Morgan fingerprint density at radius 3 is 2.26 bits per heavy atom. The lowest BCUT2D eigenvalue weighted by molar-refractivity contribution is 0.0547. The van der Waals surface area contributed by atoms with Crippen LogP contribution in [0.4, 0.5) is 0 Å². The molecule has 2 aromatic rings. The molecule has 1 amide bonds. The summed E-state index contributed by atoms with van der Waals surface area (Å²) in [7, 11) is 0. The number of hydrogen-bond acceptors (Lipinski definition) is 2. The zero-order valence-corrected chi connectivity index (χ0v) is 14.6. The maximum atomic E-state index is 12.6. The minimum Gasteiger partial charge on any atom is -0.486 e. The highest BCUT2D eigenvalue weighted by atomic mass is 16.5. The van der Waals surface area contributed by atoms with Gasteiger partial charge in [-0.1, -0.05) is 51.1 Å². The number of fused-ring (bicyclic) bond motifs is 1. The summed E-state index contributed by atoms with van der Waals surface area (Å²) in [5.74, 6) is 0.608. The van der Waals surface area contributed by atoms with E-state index in [9.17, 15) is 4.79 Å². The molecule has 3 nitrogen and oxygen atoms in total. The van der Waals surface area contributed by atoms with Gasteiger partial charge in [0.25, 0.3) is 5.91 Å². The summed E-state index contributed by atoms with van der Waals surface area (Å²) in [5.41, 5.74) is 0.425. The molecule has 0 aromatic heterocycles. The molecule has 0 bridgehead atoms. The molecule has 0 aliphatic rings. The van der Waals surface area contributed by atoms with Gasteiger partial charge in [-0.2, -0.15) is 0 Å². The number of rotatable bonds is 7. The molecule has 0 aliphatic carbocycles. The van der Waals surface area contributed by atoms with Gasteiger partial charge in [-0.3, -0.25) is 4.79 Å². The molecule has 0 saturated carbocycles. The van der Waals surface area contributed by atoms with Crippen molar-refractivity contribution in [3.8, 4) is 5.75 Å². The molecular formula is C20H27NO2. The largest absolute Gasteiger partial charge is 0.486 e. The van der Waals surface area contributed by atoms with Crippen LogP contribution >= 0.6 is 0 Å². The van der Waals surface area contributed by atoms with Crippen LogP contribution in [0.1, 0.15) is 57.3 Å². The summed E-state index contributed by atoms with van der Waals surface area (Å²) in [5, 5.41) is 4.91. The van der Waals surface area contributed by atoms with Gasteiger partial charge >= 0.3 is 0 Å². The van der Waals surface area contributed by atoms with Crippen LogP contribution in [0.3, 0.4) is 0 Å². The second kappa shape index (κ2) is 7.49. The molecule has 0 unspecified atom stereocenters. The van der Waals surface area contributed by atoms with Crippen LogP contribution in [0.5, 0.6) is 5.75 Å². The third-order valence-electron chi connectivity index (χ3n) is 4.71. The van der Waals surface area contributed by atoms with Crippen molar-refractivity contribution in [2.24, 2.45) is 0 Å². The van der Waals surface area contributed by atoms with Crippen molar-refractivity contribution in [3.05, 3.63) is 42.0 Å². The molecule has 0 atom stereocenters. The van der Waals surface area contributed by atoms with E-state index in [1.165, 1.54) is 0 Å². The van der Waals surface area contributed by atoms with Crippen LogP contribution < -0.4 is 10.1 Å². The number of nitrogens with one attached hydrogen (secondary N) is 1. The highest BCUT2D eigenvalue weighted by Gasteiger charge is 2.28. The highest BCUT2D eigenvalue weighted by molar-refractivity contribution is 6.09. The Kier molecular flexibility index (Phi) is 5.64. The Morgan fingerprint density at radius 1 is 1.00 bits per heavy atom. The van der Waals surface area contributed by atoms with Gasteiger partial charge in [-0.25, -0.2) is 0 Å². The third kappa shape index (κ3) is 3.49. The molecule has 2 rings (SSSR count). The Hall–Kier alpha value is -2.03. The summed E-state index contributed by atoms with van der Waals surface area (Å²) < 4.78 is 6.40. The molecule has 0 radical (unpaired) electrons. The third-order valence-corrected chi connectivity index (χ3v) is 4.71. The molecule has 0 fully saturated rings. The minimum atomic E-state index is -0.219. The van der Waals surface area contributed by atoms with Crippen LogP contribution in [-0.2, 0) is 0 Å². The molecule has 0 aliphatic heterocycles. The maximum absolute atomic E-state index is 12.6. The van der Waals surface area contributed by atoms with Crippen molar-refractivity contribution in [1.82, 2.24) is 5.32 Å². The van der Waals surface area contributed by atoms with E-state index in [0.717, 1.165) is 30.0 Å². The van der Waals surface area contributed by atoms with E-state index < -0.39 is 0 Å². The quantitative estimate of drug-likeness (QED) is 0.786. The first-order valence-corrected chi connectivity index (χ1v) is 8.59. The van der Waals surface area contributed by atoms with Crippen molar-refractivity contribution in [2.45, 2.75) is 52.6 Å². The van der Waals surface area contributed by atoms with E-state index >= 15 is 0 Å². The van der Waals surface area contributed by atoms with Crippen LogP contribution in [-0.4, -0.2) is 18.1 Å². The van der Waals surface area contributed by atoms with E-state index in [1.54, 1.807) is 0 Å². The van der Waals surface area contributed by atoms with Crippen molar-refractivity contribution in [2.75, 3.05) is 6.54 Å². The molecular weight excluding hydrogens is 286 g/mol. The van der Waals surface area contributed by atoms with Gasteiger partial charge < -0.3 is 10.1 Å². The summed E-state index contributed by atoms with van der Waals surface area (Å²) in [6, 6.07) is 11.9. The van der Waals surface area contributed by atoms with Crippen molar-refractivity contribution >= 4 is 16.7 Å². The number of hydrogen-bond donors (Lipinski definition) is 1. The number of amides is 1. The summed E-state index contributed by atoms with van der Waals surface area (Å²) in [4.78, 5) is 12.6. The zero-order chi connectivity index (χ0) is 16.9. The molecule has 3 heteroatoms. The SMILES string of the molecule is CCNC(=O)c1c(OC(CC)(CC)CC)ccc2ccccc12. The predicted molar refractivity (Wildman–Crippen MR) is 96.2 cm³/mol. The van der Waals surface area contributed by atoms with Gasteiger partial charge in [-0.15, -0.1) is 0 Å². The van der Waals surface area contributed by atoms with Crippen LogP contribution in [0.15, 0.2) is 36.4 Å². The lowest BCUT2D eigenvalue weighted by Crippen LogP contribution is -2.35. The molecule has 2 aromatic carbocycles. The Morgan fingerprint density at radius 2 is 1.65 bits per heavy atom. The predicted octanol–water partition coefficient (Wildman–Crippen LogP) is 4.94. The number of carbonyl (C=O) groups is 1. The van der Waals surface area contributed by atoms with E-state index in [1.807, 2.05) is 43.3 Å².